The molecule has 4 nitrogen and oxygen atoms in total. The molecular weight excluding hydrogens is 262 g/mol. The Morgan fingerprint density at radius 3 is 2.67 bits per heavy atom. The van der Waals surface area contributed by atoms with E-state index >= 15 is 0 Å². The third-order valence-corrected chi connectivity index (χ3v) is 4.74. The van der Waals surface area contributed by atoms with Gasteiger partial charge in [0.05, 0.1) is 17.2 Å². The molecule has 112 valence electrons. The van der Waals surface area contributed by atoms with Gasteiger partial charge in [-0.25, -0.2) is 4.98 Å². The molecule has 0 N–H and O–H groups in total. The highest BCUT2D eigenvalue weighted by atomic mass is 16.1. The maximum absolute atomic E-state index is 12.6. The summed E-state index contributed by atoms with van der Waals surface area (Å²) in [5.74, 6) is 0. The van der Waals surface area contributed by atoms with E-state index in [0.717, 1.165) is 29.6 Å². The van der Waals surface area contributed by atoms with Crippen molar-refractivity contribution in [3.63, 3.8) is 0 Å². The van der Waals surface area contributed by atoms with Gasteiger partial charge in [-0.3, -0.25) is 14.3 Å². The van der Waals surface area contributed by atoms with Gasteiger partial charge in [0, 0.05) is 12.6 Å². The van der Waals surface area contributed by atoms with Crippen molar-refractivity contribution in [3.8, 4) is 0 Å². The van der Waals surface area contributed by atoms with E-state index in [4.69, 9.17) is 0 Å². The van der Waals surface area contributed by atoms with Gasteiger partial charge in [0.2, 0.25) is 0 Å². The molecule has 0 unspecified atom stereocenters. The maximum Gasteiger partial charge on any atom is 0.261 e. The maximum atomic E-state index is 12.6. The zero-order chi connectivity index (χ0) is 15.0. The first-order valence-corrected chi connectivity index (χ1v) is 7.77. The number of fused-ring (bicyclic) bond motifs is 1. The number of hydrogen-bond acceptors (Lipinski definition) is 3. The van der Waals surface area contributed by atoms with E-state index in [1.165, 1.54) is 18.4 Å². The second kappa shape index (κ2) is 5.60. The van der Waals surface area contributed by atoms with Gasteiger partial charge in [-0.05, 0) is 63.9 Å². The fourth-order valence-corrected chi connectivity index (χ4v) is 3.19. The van der Waals surface area contributed by atoms with Crippen molar-refractivity contribution in [2.75, 3.05) is 13.1 Å². The van der Waals surface area contributed by atoms with Gasteiger partial charge in [0.15, 0.2) is 0 Å². The Kier molecular flexibility index (Phi) is 3.81. The predicted molar refractivity (Wildman–Crippen MR) is 85.7 cm³/mol. The molecule has 2 heterocycles. The molecule has 1 aliphatic heterocycles. The number of likely N-dealkylation sites (tertiary alicyclic amines) is 1. The lowest BCUT2D eigenvalue weighted by Crippen LogP contribution is -2.36. The van der Waals surface area contributed by atoms with Crippen LogP contribution in [0.25, 0.3) is 10.9 Å². The Morgan fingerprint density at radius 1 is 1.24 bits per heavy atom. The molecule has 3 rings (SSSR count). The van der Waals surface area contributed by atoms with Gasteiger partial charge >= 0.3 is 0 Å². The monoisotopic (exact) mass is 285 g/mol. The van der Waals surface area contributed by atoms with Crippen LogP contribution in [-0.2, 0) is 6.54 Å². The molecule has 1 aromatic heterocycles. The number of aryl methyl sites for hydroxylation is 2. The zero-order valence-electron chi connectivity index (χ0n) is 13.1. The molecule has 0 radical (unpaired) electrons. The summed E-state index contributed by atoms with van der Waals surface area (Å²) in [6.07, 6.45) is 4.25. The lowest BCUT2D eigenvalue weighted by atomic mass is 10.1. The molecule has 2 aromatic rings. The van der Waals surface area contributed by atoms with Gasteiger partial charge in [0.1, 0.15) is 0 Å². The highest BCUT2D eigenvalue weighted by Crippen LogP contribution is 2.17. The molecule has 4 heteroatoms. The average Bonchev–Trinajstić information content (AvgIpc) is 3.00. The van der Waals surface area contributed by atoms with Crippen LogP contribution < -0.4 is 5.56 Å². The fraction of sp³-hybridized carbons (Fsp3) is 0.529. The van der Waals surface area contributed by atoms with Gasteiger partial charge in [-0.15, -0.1) is 0 Å². The number of hydrogen-bond donors (Lipinski definition) is 0. The minimum absolute atomic E-state index is 0.0779. The van der Waals surface area contributed by atoms with E-state index < -0.39 is 0 Å². The van der Waals surface area contributed by atoms with E-state index in [2.05, 4.69) is 23.7 Å². The summed E-state index contributed by atoms with van der Waals surface area (Å²) in [4.78, 5) is 19.6. The largest absolute Gasteiger partial charge is 0.299 e. The van der Waals surface area contributed by atoms with Crippen molar-refractivity contribution in [1.29, 1.82) is 0 Å². The molecule has 1 aliphatic rings. The standard InChI is InChI=1S/C17H23N3O/c1-12-6-7-15-16(14(12)3)18-11-20(17(15)21)10-13(2)19-8-4-5-9-19/h6-7,11,13H,4-5,8-10H2,1-3H3/t13-/m0/s1. The first-order chi connectivity index (χ1) is 10.1. The summed E-state index contributed by atoms with van der Waals surface area (Å²) in [6.45, 7) is 9.29. The highest BCUT2D eigenvalue weighted by molar-refractivity contribution is 5.81. The van der Waals surface area contributed by atoms with Crippen molar-refractivity contribution >= 4 is 10.9 Å². The van der Waals surface area contributed by atoms with Gasteiger partial charge < -0.3 is 0 Å². The minimum Gasteiger partial charge on any atom is -0.299 e. The third kappa shape index (κ3) is 2.60. The van der Waals surface area contributed by atoms with E-state index in [1.807, 2.05) is 19.1 Å². The van der Waals surface area contributed by atoms with Crippen molar-refractivity contribution in [2.24, 2.45) is 0 Å². The van der Waals surface area contributed by atoms with Crippen LogP contribution in [0.4, 0.5) is 0 Å². The zero-order valence-corrected chi connectivity index (χ0v) is 13.1. The van der Waals surface area contributed by atoms with Crippen molar-refractivity contribution in [3.05, 3.63) is 39.9 Å². The fourth-order valence-electron chi connectivity index (χ4n) is 3.19. The summed E-state index contributed by atoms with van der Waals surface area (Å²) >= 11 is 0. The summed E-state index contributed by atoms with van der Waals surface area (Å²) in [7, 11) is 0. The summed E-state index contributed by atoms with van der Waals surface area (Å²) in [5.41, 5.74) is 3.20. The first-order valence-electron chi connectivity index (χ1n) is 7.77. The van der Waals surface area contributed by atoms with E-state index in [9.17, 15) is 4.79 Å². The second-order valence-corrected chi connectivity index (χ2v) is 6.20. The van der Waals surface area contributed by atoms with Crippen LogP contribution in [-0.4, -0.2) is 33.6 Å². The normalized spacial score (nSPS) is 17.5. The number of nitrogens with zero attached hydrogens (tertiary/aromatic N) is 3. The topological polar surface area (TPSA) is 38.1 Å². The number of rotatable bonds is 3. The Morgan fingerprint density at radius 2 is 1.95 bits per heavy atom. The smallest absolute Gasteiger partial charge is 0.261 e. The van der Waals surface area contributed by atoms with Gasteiger partial charge in [-0.1, -0.05) is 6.07 Å². The Balaban J connectivity index is 1.95. The molecule has 1 fully saturated rings. The van der Waals surface area contributed by atoms with Crippen LogP contribution in [0, 0.1) is 13.8 Å². The number of aromatic nitrogens is 2. The second-order valence-electron chi connectivity index (χ2n) is 6.20. The molecule has 0 bridgehead atoms. The lowest BCUT2D eigenvalue weighted by Gasteiger charge is -2.24. The molecule has 0 spiro atoms. The number of benzene rings is 1. The third-order valence-electron chi connectivity index (χ3n) is 4.74. The Bertz CT molecular complexity index is 714. The predicted octanol–water partition coefficient (Wildman–Crippen LogP) is 2.50. The molecule has 0 saturated carbocycles. The van der Waals surface area contributed by atoms with Crippen LogP contribution in [0.5, 0.6) is 0 Å². The van der Waals surface area contributed by atoms with Crippen LogP contribution in [0.3, 0.4) is 0 Å². The van der Waals surface area contributed by atoms with Crippen molar-refractivity contribution in [2.45, 2.75) is 46.2 Å². The van der Waals surface area contributed by atoms with Crippen LogP contribution >= 0.6 is 0 Å². The highest BCUT2D eigenvalue weighted by Gasteiger charge is 2.19. The average molecular weight is 285 g/mol. The van der Waals surface area contributed by atoms with E-state index in [1.54, 1.807) is 10.9 Å². The van der Waals surface area contributed by atoms with Gasteiger partial charge in [-0.2, -0.15) is 0 Å². The lowest BCUT2D eigenvalue weighted by molar-refractivity contribution is 0.234. The first kappa shape index (κ1) is 14.3. The van der Waals surface area contributed by atoms with E-state index in [0.29, 0.717) is 12.6 Å². The molecule has 0 amide bonds. The summed E-state index contributed by atoms with van der Waals surface area (Å²) in [6, 6.07) is 4.30. The molecule has 1 aromatic carbocycles. The van der Waals surface area contributed by atoms with E-state index in [-0.39, 0.29) is 5.56 Å². The quantitative estimate of drug-likeness (QED) is 0.869. The van der Waals surface area contributed by atoms with Crippen molar-refractivity contribution in [1.82, 2.24) is 14.5 Å². The summed E-state index contributed by atoms with van der Waals surface area (Å²) < 4.78 is 1.76. The van der Waals surface area contributed by atoms with Gasteiger partial charge in [0.25, 0.3) is 5.56 Å². The molecule has 0 aliphatic carbocycles. The SMILES string of the molecule is Cc1ccc2c(=O)n(C[C@H](C)N3CCCC3)cnc2c1C. The van der Waals surface area contributed by atoms with Crippen LogP contribution in [0.15, 0.2) is 23.3 Å². The molecule has 1 atom stereocenters. The Hall–Kier alpha value is -1.68. The molecular formula is C17H23N3O. The van der Waals surface area contributed by atoms with Crippen LogP contribution in [0.1, 0.15) is 30.9 Å². The van der Waals surface area contributed by atoms with Crippen molar-refractivity contribution < 1.29 is 0 Å². The van der Waals surface area contributed by atoms with Crippen LogP contribution in [0.2, 0.25) is 0 Å². The minimum atomic E-state index is 0.0779. The molecule has 1 saturated heterocycles. The molecule has 21 heavy (non-hydrogen) atoms. The summed E-state index contributed by atoms with van der Waals surface area (Å²) in [5, 5.41) is 0.731. The Labute approximate surface area is 125 Å².